The Hall–Kier alpha value is -2.63. The van der Waals surface area contributed by atoms with Gasteiger partial charge < -0.3 is 14.6 Å². The van der Waals surface area contributed by atoms with E-state index in [0.29, 0.717) is 13.1 Å². The van der Waals surface area contributed by atoms with Crippen LogP contribution in [0.15, 0.2) is 47.3 Å². The summed E-state index contributed by atoms with van der Waals surface area (Å²) < 4.78 is 5.26. The SMILES string of the molecule is C[C@@H](NC(=O)[C@@H]1CC(=O)N(Cc2ccco2)C1)c1cccnc1. The summed E-state index contributed by atoms with van der Waals surface area (Å²) in [6.45, 7) is 2.74. The number of furan rings is 1. The lowest BCUT2D eigenvalue weighted by Crippen LogP contribution is -2.34. The highest BCUT2D eigenvalue weighted by Gasteiger charge is 2.35. The number of nitrogens with zero attached hydrogens (tertiary/aromatic N) is 2. The Balaban J connectivity index is 1.57. The molecule has 2 aromatic heterocycles. The molecule has 1 saturated heterocycles. The average molecular weight is 313 g/mol. The first-order chi connectivity index (χ1) is 11.1. The van der Waals surface area contributed by atoms with E-state index in [4.69, 9.17) is 4.42 Å². The first kappa shape index (κ1) is 15.3. The lowest BCUT2D eigenvalue weighted by molar-refractivity contribution is -0.129. The van der Waals surface area contributed by atoms with Crippen LogP contribution in [0, 0.1) is 5.92 Å². The van der Waals surface area contributed by atoms with Gasteiger partial charge in [-0.15, -0.1) is 0 Å². The summed E-state index contributed by atoms with van der Waals surface area (Å²) in [5.74, 6) is 0.284. The maximum atomic E-state index is 12.4. The van der Waals surface area contributed by atoms with Gasteiger partial charge in [-0.3, -0.25) is 14.6 Å². The molecular weight excluding hydrogens is 294 g/mol. The number of hydrogen-bond donors (Lipinski definition) is 1. The number of amides is 2. The van der Waals surface area contributed by atoms with Crippen molar-refractivity contribution in [3.8, 4) is 0 Å². The smallest absolute Gasteiger partial charge is 0.225 e. The number of aromatic nitrogens is 1. The van der Waals surface area contributed by atoms with Crippen molar-refractivity contribution in [3.63, 3.8) is 0 Å². The topological polar surface area (TPSA) is 75.4 Å². The van der Waals surface area contributed by atoms with E-state index in [1.54, 1.807) is 29.6 Å². The molecule has 1 fully saturated rings. The van der Waals surface area contributed by atoms with Crippen LogP contribution in [-0.4, -0.2) is 28.2 Å². The van der Waals surface area contributed by atoms with Gasteiger partial charge in [0.15, 0.2) is 0 Å². The molecule has 0 spiro atoms. The van der Waals surface area contributed by atoms with Gasteiger partial charge in [0.25, 0.3) is 0 Å². The predicted molar refractivity (Wildman–Crippen MR) is 83.0 cm³/mol. The lowest BCUT2D eigenvalue weighted by Gasteiger charge is -2.18. The molecule has 3 rings (SSSR count). The minimum atomic E-state index is -0.323. The third-order valence-electron chi connectivity index (χ3n) is 4.06. The van der Waals surface area contributed by atoms with Gasteiger partial charge in [0.2, 0.25) is 11.8 Å². The van der Waals surface area contributed by atoms with E-state index in [1.807, 2.05) is 25.1 Å². The van der Waals surface area contributed by atoms with E-state index in [1.165, 1.54) is 0 Å². The molecule has 0 saturated carbocycles. The summed E-state index contributed by atoms with van der Waals surface area (Å²) >= 11 is 0. The van der Waals surface area contributed by atoms with Gasteiger partial charge in [-0.25, -0.2) is 0 Å². The average Bonchev–Trinajstić information content (AvgIpc) is 3.19. The molecule has 6 heteroatoms. The number of nitrogens with one attached hydrogen (secondary N) is 1. The van der Waals surface area contributed by atoms with E-state index in [-0.39, 0.29) is 30.2 Å². The Labute approximate surface area is 134 Å². The number of carbonyl (C=O) groups is 2. The van der Waals surface area contributed by atoms with E-state index in [9.17, 15) is 9.59 Å². The van der Waals surface area contributed by atoms with Crippen LogP contribution in [0.1, 0.15) is 30.7 Å². The van der Waals surface area contributed by atoms with Crippen LogP contribution >= 0.6 is 0 Å². The van der Waals surface area contributed by atoms with Gasteiger partial charge in [-0.1, -0.05) is 6.07 Å². The Morgan fingerprint density at radius 3 is 3.04 bits per heavy atom. The first-order valence-corrected chi connectivity index (χ1v) is 7.64. The Bertz CT molecular complexity index is 670. The second kappa shape index (κ2) is 6.64. The molecule has 0 unspecified atom stereocenters. The number of likely N-dealkylation sites (tertiary alicyclic amines) is 1. The maximum Gasteiger partial charge on any atom is 0.225 e. The number of rotatable bonds is 5. The van der Waals surface area contributed by atoms with Crippen LogP contribution in [0.5, 0.6) is 0 Å². The molecule has 0 radical (unpaired) electrons. The van der Waals surface area contributed by atoms with Crippen molar-refractivity contribution in [1.29, 1.82) is 0 Å². The first-order valence-electron chi connectivity index (χ1n) is 7.64. The second-order valence-corrected chi connectivity index (χ2v) is 5.77. The Kier molecular flexibility index (Phi) is 4.41. The highest BCUT2D eigenvalue weighted by atomic mass is 16.3. The van der Waals surface area contributed by atoms with Crippen molar-refractivity contribution in [2.24, 2.45) is 5.92 Å². The summed E-state index contributed by atoms with van der Waals surface area (Å²) in [5.41, 5.74) is 0.942. The summed E-state index contributed by atoms with van der Waals surface area (Å²) in [5, 5.41) is 2.96. The molecule has 23 heavy (non-hydrogen) atoms. The van der Waals surface area contributed by atoms with Crippen molar-refractivity contribution in [2.45, 2.75) is 25.9 Å². The molecule has 1 N–H and O–H groups in total. The van der Waals surface area contributed by atoms with Crippen molar-refractivity contribution in [1.82, 2.24) is 15.2 Å². The zero-order valence-corrected chi connectivity index (χ0v) is 12.9. The van der Waals surface area contributed by atoms with Gasteiger partial charge in [0, 0.05) is 25.4 Å². The van der Waals surface area contributed by atoms with Gasteiger partial charge in [0.05, 0.1) is 24.8 Å². The second-order valence-electron chi connectivity index (χ2n) is 5.77. The third kappa shape index (κ3) is 3.59. The van der Waals surface area contributed by atoms with Crippen LogP contribution in [0.4, 0.5) is 0 Å². The molecule has 6 nitrogen and oxygen atoms in total. The molecular formula is C17H19N3O3. The summed E-state index contributed by atoms with van der Waals surface area (Å²) in [6.07, 6.45) is 5.25. The van der Waals surface area contributed by atoms with E-state index < -0.39 is 0 Å². The van der Waals surface area contributed by atoms with Crippen molar-refractivity contribution in [3.05, 3.63) is 54.2 Å². The zero-order valence-electron chi connectivity index (χ0n) is 12.9. The summed E-state index contributed by atoms with van der Waals surface area (Å²) in [7, 11) is 0. The van der Waals surface area contributed by atoms with E-state index in [2.05, 4.69) is 10.3 Å². The molecule has 2 amide bonds. The van der Waals surface area contributed by atoms with E-state index >= 15 is 0 Å². The Morgan fingerprint density at radius 1 is 1.48 bits per heavy atom. The van der Waals surface area contributed by atoms with Crippen LogP contribution in [0.2, 0.25) is 0 Å². The van der Waals surface area contributed by atoms with Crippen molar-refractivity contribution < 1.29 is 14.0 Å². The highest BCUT2D eigenvalue weighted by Crippen LogP contribution is 2.22. The molecule has 120 valence electrons. The van der Waals surface area contributed by atoms with Crippen molar-refractivity contribution in [2.75, 3.05) is 6.54 Å². The van der Waals surface area contributed by atoms with Crippen molar-refractivity contribution >= 4 is 11.8 Å². The zero-order chi connectivity index (χ0) is 16.2. The maximum absolute atomic E-state index is 12.4. The van der Waals surface area contributed by atoms with E-state index in [0.717, 1.165) is 11.3 Å². The quantitative estimate of drug-likeness (QED) is 0.915. The van der Waals surface area contributed by atoms with Gasteiger partial charge in [-0.2, -0.15) is 0 Å². The minimum Gasteiger partial charge on any atom is -0.467 e. The number of carbonyl (C=O) groups excluding carboxylic acids is 2. The molecule has 1 aliphatic heterocycles. The lowest BCUT2D eigenvalue weighted by atomic mass is 10.1. The molecule has 0 aromatic carbocycles. The highest BCUT2D eigenvalue weighted by molar-refractivity contribution is 5.89. The predicted octanol–water partition coefficient (Wildman–Crippen LogP) is 1.90. The van der Waals surface area contributed by atoms with Crippen LogP contribution in [-0.2, 0) is 16.1 Å². The third-order valence-corrected chi connectivity index (χ3v) is 4.06. The number of pyridine rings is 1. The number of hydrogen-bond acceptors (Lipinski definition) is 4. The van der Waals surface area contributed by atoms with Gasteiger partial charge in [0.1, 0.15) is 5.76 Å². The fraction of sp³-hybridized carbons (Fsp3) is 0.353. The molecule has 2 atom stereocenters. The molecule has 3 heterocycles. The molecule has 0 bridgehead atoms. The van der Waals surface area contributed by atoms with Crippen LogP contribution in [0.3, 0.4) is 0 Å². The molecule has 2 aromatic rings. The largest absolute Gasteiger partial charge is 0.467 e. The van der Waals surface area contributed by atoms with Crippen LogP contribution < -0.4 is 5.32 Å². The Morgan fingerprint density at radius 2 is 2.35 bits per heavy atom. The fourth-order valence-corrected chi connectivity index (χ4v) is 2.74. The normalized spacial score (nSPS) is 18.9. The fourth-order valence-electron chi connectivity index (χ4n) is 2.74. The van der Waals surface area contributed by atoms with Gasteiger partial charge in [-0.05, 0) is 30.7 Å². The summed E-state index contributed by atoms with van der Waals surface area (Å²) in [6, 6.07) is 7.23. The monoisotopic (exact) mass is 313 g/mol. The summed E-state index contributed by atoms with van der Waals surface area (Å²) in [4.78, 5) is 30.2. The molecule has 1 aliphatic rings. The van der Waals surface area contributed by atoms with Crippen LogP contribution in [0.25, 0.3) is 0 Å². The minimum absolute atomic E-state index is 0.0180. The standard InChI is InChI=1S/C17H19N3O3/c1-12(13-4-2-6-18-9-13)19-17(22)14-8-16(21)20(10-14)11-15-5-3-7-23-15/h2-7,9,12,14H,8,10-11H2,1H3,(H,19,22)/t12-,14-/m1/s1. The molecule has 0 aliphatic carbocycles. The van der Waals surface area contributed by atoms with Gasteiger partial charge >= 0.3 is 0 Å².